The minimum atomic E-state index is -3.09. The predicted molar refractivity (Wildman–Crippen MR) is 135 cm³/mol. The molecule has 4 aromatic carbocycles. The van der Waals surface area contributed by atoms with Crippen LogP contribution in [-0.4, -0.2) is 6.61 Å². The Morgan fingerprint density at radius 2 is 1.47 bits per heavy atom. The molecule has 4 rings (SSSR count). The zero-order valence-electron chi connectivity index (χ0n) is 20.0. The van der Waals surface area contributed by atoms with Crippen molar-refractivity contribution in [2.75, 3.05) is 0 Å². The largest absolute Gasteiger partial charge is 0.432 e. The standard InChI is InChI=1S/C31H26F4O/c1-2-3-4-21-5-7-22(8-6-21)9-10-23-12-17-27-26(19-23)16-15-25(30(27)33)14-11-24-13-18-29(28(32)20-24)36-31(34)35/h5-8,12-13,15-20,31H,2-4,11,14H2,1H3. The van der Waals surface area contributed by atoms with Crippen LogP contribution in [0.1, 0.15) is 47.6 Å². The first-order valence-corrected chi connectivity index (χ1v) is 12.0. The number of hydrogen-bond donors (Lipinski definition) is 0. The summed E-state index contributed by atoms with van der Waals surface area (Å²) in [7, 11) is 0. The van der Waals surface area contributed by atoms with Gasteiger partial charge in [0, 0.05) is 16.5 Å². The van der Waals surface area contributed by atoms with E-state index >= 15 is 4.39 Å². The summed E-state index contributed by atoms with van der Waals surface area (Å²) < 4.78 is 57.8. The van der Waals surface area contributed by atoms with Crippen LogP contribution in [0.15, 0.2) is 72.8 Å². The minimum absolute atomic E-state index is 0.326. The molecular weight excluding hydrogens is 464 g/mol. The zero-order chi connectivity index (χ0) is 25.5. The number of unbranched alkanes of at least 4 members (excludes halogenated alkanes) is 1. The predicted octanol–water partition coefficient (Wildman–Crippen LogP) is 8.25. The van der Waals surface area contributed by atoms with E-state index in [1.165, 1.54) is 24.5 Å². The summed E-state index contributed by atoms with van der Waals surface area (Å²) in [5.74, 6) is 4.62. The van der Waals surface area contributed by atoms with Crippen LogP contribution in [0.25, 0.3) is 10.8 Å². The number of aryl methyl sites for hydroxylation is 3. The van der Waals surface area contributed by atoms with Crippen LogP contribution in [-0.2, 0) is 19.3 Å². The number of hydrogen-bond acceptors (Lipinski definition) is 1. The van der Waals surface area contributed by atoms with Gasteiger partial charge in [0.2, 0.25) is 0 Å². The Balaban J connectivity index is 1.45. The van der Waals surface area contributed by atoms with Crippen molar-refractivity contribution < 1.29 is 22.3 Å². The van der Waals surface area contributed by atoms with Gasteiger partial charge >= 0.3 is 6.61 Å². The first kappa shape index (κ1) is 25.3. The van der Waals surface area contributed by atoms with Crippen molar-refractivity contribution >= 4 is 10.8 Å². The number of alkyl halides is 2. The summed E-state index contributed by atoms with van der Waals surface area (Å²) in [5.41, 5.74) is 4.10. The maximum absolute atomic E-state index is 15.2. The molecule has 1 nitrogen and oxygen atoms in total. The van der Waals surface area contributed by atoms with Gasteiger partial charge in [0.25, 0.3) is 0 Å². The van der Waals surface area contributed by atoms with Crippen LogP contribution in [0.5, 0.6) is 5.75 Å². The molecule has 0 radical (unpaired) electrons. The van der Waals surface area contributed by atoms with Gasteiger partial charge in [-0.2, -0.15) is 8.78 Å². The van der Waals surface area contributed by atoms with Crippen molar-refractivity contribution in [3.05, 3.63) is 112 Å². The molecule has 0 amide bonds. The number of benzene rings is 4. The van der Waals surface area contributed by atoms with Crippen LogP contribution in [0.2, 0.25) is 0 Å². The summed E-state index contributed by atoms with van der Waals surface area (Å²) in [6.45, 7) is -0.915. The molecule has 0 aliphatic carbocycles. The Morgan fingerprint density at radius 3 is 2.19 bits per heavy atom. The van der Waals surface area contributed by atoms with Crippen LogP contribution >= 0.6 is 0 Å². The van der Waals surface area contributed by atoms with E-state index in [4.69, 9.17) is 0 Å². The first-order valence-electron chi connectivity index (χ1n) is 12.0. The number of fused-ring (bicyclic) bond motifs is 1. The average Bonchev–Trinajstić information content (AvgIpc) is 2.87. The molecular formula is C31H26F4O. The topological polar surface area (TPSA) is 9.23 Å². The highest BCUT2D eigenvalue weighted by molar-refractivity contribution is 5.85. The molecule has 0 atom stereocenters. The normalized spacial score (nSPS) is 10.9. The molecule has 184 valence electrons. The molecule has 0 N–H and O–H groups in total. The van der Waals surface area contributed by atoms with Gasteiger partial charge in [-0.1, -0.05) is 61.6 Å². The molecule has 36 heavy (non-hydrogen) atoms. The van der Waals surface area contributed by atoms with Crippen molar-refractivity contribution in [1.82, 2.24) is 0 Å². The van der Waals surface area contributed by atoms with Gasteiger partial charge in [-0.15, -0.1) is 0 Å². The van der Waals surface area contributed by atoms with Crippen molar-refractivity contribution in [1.29, 1.82) is 0 Å². The summed E-state index contributed by atoms with van der Waals surface area (Å²) in [6.07, 6.45) is 4.11. The molecule has 0 spiro atoms. The van der Waals surface area contributed by atoms with Crippen LogP contribution in [0, 0.1) is 23.5 Å². The Kier molecular flexibility index (Phi) is 8.28. The second kappa shape index (κ2) is 11.8. The molecule has 0 aromatic heterocycles. The van der Waals surface area contributed by atoms with E-state index in [1.807, 2.05) is 24.3 Å². The summed E-state index contributed by atoms with van der Waals surface area (Å²) in [6, 6.07) is 21.0. The molecule has 0 saturated heterocycles. The monoisotopic (exact) mass is 490 g/mol. The molecule has 5 heteroatoms. The lowest BCUT2D eigenvalue weighted by Crippen LogP contribution is -2.04. The molecule has 0 unspecified atom stereocenters. The fourth-order valence-electron chi connectivity index (χ4n) is 4.06. The summed E-state index contributed by atoms with van der Waals surface area (Å²) in [5, 5.41) is 1.24. The SMILES string of the molecule is CCCCc1ccc(C#Cc2ccc3c(F)c(CCc4ccc(OC(F)F)c(F)c4)ccc3c2)cc1. The third kappa shape index (κ3) is 6.46. The molecule has 4 aromatic rings. The van der Waals surface area contributed by atoms with Crippen molar-refractivity contribution in [2.24, 2.45) is 0 Å². The van der Waals surface area contributed by atoms with Gasteiger partial charge in [-0.05, 0) is 84.2 Å². The molecule has 0 bridgehead atoms. The zero-order valence-corrected chi connectivity index (χ0v) is 20.0. The fourth-order valence-corrected chi connectivity index (χ4v) is 4.06. The lowest BCUT2D eigenvalue weighted by Gasteiger charge is -2.09. The molecule has 0 aliphatic heterocycles. The molecule has 0 aliphatic rings. The van der Waals surface area contributed by atoms with E-state index in [0.717, 1.165) is 35.1 Å². The maximum atomic E-state index is 15.2. The second-order valence-corrected chi connectivity index (χ2v) is 8.67. The smallest absolute Gasteiger partial charge is 0.387 e. The van der Waals surface area contributed by atoms with Gasteiger partial charge in [0.1, 0.15) is 5.82 Å². The molecule has 0 heterocycles. The van der Waals surface area contributed by atoms with Crippen LogP contribution in [0.4, 0.5) is 17.6 Å². The van der Waals surface area contributed by atoms with E-state index in [2.05, 4.69) is 35.6 Å². The number of rotatable bonds is 8. The maximum Gasteiger partial charge on any atom is 0.387 e. The number of ether oxygens (including phenoxy) is 1. The molecule has 0 saturated carbocycles. The lowest BCUT2D eigenvalue weighted by molar-refractivity contribution is -0.0522. The highest BCUT2D eigenvalue weighted by Gasteiger charge is 2.12. The van der Waals surface area contributed by atoms with Gasteiger partial charge in [-0.3, -0.25) is 0 Å². The lowest BCUT2D eigenvalue weighted by atomic mass is 9.99. The fraction of sp³-hybridized carbons (Fsp3) is 0.226. The summed E-state index contributed by atoms with van der Waals surface area (Å²) in [4.78, 5) is 0. The quantitative estimate of drug-likeness (QED) is 0.178. The van der Waals surface area contributed by atoms with E-state index in [0.29, 0.717) is 29.4 Å². The Bertz CT molecular complexity index is 1400. The van der Waals surface area contributed by atoms with Crippen LogP contribution in [0.3, 0.4) is 0 Å². The van der Waals surface area contributed by atoms with E-state index in [1.54, 1.807) is 18.2 Å². The van der Waals surface area contributed by atoms with Crippen molar-refractivity contribution in [2.45, 2.75) is 45.6 Å². The Hall–Kier alpha value is -3.78. The van der Waals surface area contributed by atoms with Gasteiger partial charge in [0.15, 0.2) is 11.6 Å². The van der Waals surface area contributed by atoms with Gasteiger partial charge < -0.3 is 4.74 Å². The average molecular weight is 491 g/mol. The minimum Gasteiger partial charge on any atom is -0.432 e. The van der Waals surface area contributed by atoms with E-state index in [9.17, 15) is 13.2 Å². The van der Waals surface area contributed by atoms with E-state index < -0.39 is 18.2 Å². The third-order valence-electron chi connectivity index (χ3n) is 6.05. The van der Waals surface area contributed by atoms with Crippen molar-refractivity contribution in [3.63, 3.8) is 0 Å². The van der Waals surface area contributed by atoms with Crippen LogP contribution < -0.4 is 4.74 Å². The number of halogens is 4. The third-order valence-corrected chi connectivity index (χ3v) is 6.05. The van der Waals surface area contributed by atoms with Gasteiger partial charge in [0.05, 0.1) is 0 Å². The van der Waals surface area contributed by atoms with E-state index in [-0.39, 0.29) is 5.82 Å². The Labute approximate surface area is 208 Å². The second-order valence-electron chi connectivity index (χ2n) is 8.67. The highest BCUT2D eigenvalue weighted by Crippen LogP contribution is 2.25. The molecule has 0 fully saturated rings. The summed E-state index contributed by atoms with van der Waals surface area (Å²) >= 11 is 0. The highest BCUT2D eigenvalue weighted by atomic mass is 19.3. The van der Waals surface area contributed by atoms with Crippen molar-refractivity contribution in [3.8, 4) is 17.6 Å². The Morgan fingerprint density at radius 1 is 0.750 bits per heavy atom. The first-order chi connectivity index (χ1) is 17.4. The van der Waals surface area contributed by atoms with Gasteiger partial charge in [-0.25, -0.2) is 8.78 Å².